The van der Waals surface area contributed by atoms with Crippen molar-refractivity contribution in [3.63, 3.8) is 0 Å². The van der Waals surface area contributed by atoms with Crippen LogP contribution in [0.25, 0.3) is 0 Å². The van der Waals surface area contributed by atoms with Gasteiger partial charge in [-0.2, -0.15) is 5.20 Å². The third-order valence-electron chi connectivity index (χ3n) is 6.16. The molecule has 1 aliphatic carbocycles. The molecule has 0 aliphatic heterocycles. The normalized spacial score (nSPS) is 12.9. The fourth-order valence-electron chi connectivity index (χ4n) is 4.04. The topological polar surface area (TPSA) is 0 Å². The Morgan fingerprint density at radius 2 is 1.29 bits per heavy atom. The fourth-order valence-corrected chi connectivity index (χ4v) is 6.26. The van der Waals surface area contributed by atoms with Crippen LogP contribution in [0.3, 0.4) is 0 Å². The molecule has 0 nitrogen and oxygen atoms in total. The monoisotopic (exact) mass is 492 g/mol. The van der Waals surface area contributed by atoms with Crippen LogP contribution in [-0.2, 0) is 21.7 Å². The van der Waals surface area contributed by atoms with Gasteiger partial charge >= 0.3 is 21.7 Å². The van der Waals surface area contributed by atoms with Crippen molar-refractivity contribution in [1.82, 2.24) is 0 Å². The smallest absolute Gasteiger partial charge is 1.00 e. The molecule has 5 heteroatoms. The number of hydrogen-bond acceptors (Lipinski definition) is 0. The summed E-state index contributed by atoms with van der Waals surface area (Å²) in [4.78, 5) is 0. The largest absolute Gasteiger partial charge is 4.00 e. The zero-order valence-electron chi connectivity index (χ0n) is 18.6. The minimum absolute atomic E-state index is 0. The van der Waals surface area contributed by atoms with Gasteiger partial charge in [0.05, 0.1) is 9.52 Å². The van der Waals surface area contributed by atoms with Gasteiger partial charge in [-0.3, -0.25) is 6.08 Å². The first-order valence-electron chi connectivity index (χ1n) is 9.79. The van der Waals surface area contributed by atoms with Gasteiger partial charge in [-0.05, 0) is 62.4 Å². The van der Waals surface area contributed by atoms with Gasteiger partial charge in [0.15, 0.2) is 0 Å². The molecule has 0 atom stereocenters. The summed E-state index contributed by atoms with van der Waals surface area (Å²) in [6, 6.07) is 0. The summed E-state index contributed by atoms with van der Waals surface area (Å²) in [6.45, 7) is 16.1. The average molecular weight is 494 g/mol. The number of halogens is 3. The molecule has 1 aliphatic rings. The van der Waals surface area contributed by atoms with Crippen LogP contribution in [0.1, 0.15) is 80.2 Å². The summed E-state index contributed by atoms with van der Waals surface area (Å²) < 4.78 is 0. The molecule has 1 aromatic carbocycles. The Morgan fingerprint density at radius 3 is 1.75 bits per heavy atom. The number of benzene rings is 1. The van der Waals surface area contributed by atoms with E-state index in [0.717, 1.165) is 6.42 Å². The molecule has 0 aromatic heterocycles. The molecule has 0 radical (unpaired) electrons. The summed E-state index contributed by atoms with van der Waals surface area (Å²) >= 11 is 0. The van der Waals surface area contributed by atoms with Gasteiger partial charge in [0, 0.05) is 0 Å². The molecule has 0 bridgehead atoms. The molecule has 0 fully saturated rings. The Morgan fingerprint density at radius 1 is 0.786 bits per heavy atom. The maximum Gasteiger partial charge on any atom is 4.00 e. The van der Waals surface area contributed by atoms with E-state index in [4.69, 9.17) is 0 Å². The van der Waals surface area contributed by atoms with Crippen molar-refractivity contribution in [3.8, 4) is 0 Å². The number of allylic oxidation sites excluding steroid dienone is 4. The van der Waals surface area contributed by atoms with E-state index < -0.39 is 0 Å². The third-order valence-corrected chi connectivity index (χ3v) is 8.43. The van der Waals surface area contributed by atoms with Crippen LogP contribution >= 0.6 is 0 Å². The average Bonchev–Trinajstić information content (AvgIpc) is 2.97. The van der Waals surface area contributed by atoms with E-state index in [0.29, 0.717) is 0 Å². The van der Waals surface area contributed by atoms with E-state index >= 15 is 0 Å². The maximum absolute atomic E-state index is 3.83. The van der Waals surface area contributed by atoms with Crippen LogP contribution in [0.4, 0.5) is 0 Å². The zero-order valence-corrected chi connectivity index (χ0v) is 23.8. The van der Waals surface area contributed by atoms with E-state index in [1.54, 1.807) is 27.1 Å². The number of hydrogen-bond donors (Lipinski definition) is 0. The first kappa shape index (κ1) is 33.1. The van der Waals surface area contributed by atoms with Crippen LogP contribution in [-0.4, -0.2) is 9.52 Å². The second-order valence-corrected chi connectivity index (χ2v) is 9.49. The molecule has 0 saturated heterocycles. The molecule has 2 rings (SSSR count). The van der Waals surface area contributed by atoms with Crippen molar-refractivity contribution in [2.45, 2.75) is 87.0 Å². The molecule has 28 heavy (non-hydrogen) atoms. The van der Waals surface area contributed by atoms with Gasteiger partial charge in [0.2, 0.25) is 0 Å². The van der Waals surface area contributed by atoms with Crippen molar-refractivity contribution >= 4 is 14.7 Å². The summed E-state index contributed by atoms with van der Waals surface area (Å²) in [7, 11) is -0.389. The Labute approximate surface area is 209 Å². The van der Waals surface area contributed by atoms with Gasteiger partial charge in [-0.1, -0.05) is 57.6 Å². The molecule has 0 unspecified atom stereocenters. The van der Waals surface area contributed by atoms with Crippen molar-refractivity contribution in [1.29, 1.82) is 0 Å². The Balaban J connectivity index is -0.00000156. The van der Waals surface area contributed by atoms with Crippen LogP contribution < -0.4 is 42.4 Å². The molecule has 0 saturated carbocycles. The second kappa shape index (κ2) is 15.3. The fraction of sp³-hybridized carbons (Fsp3) is 0.565. The maximum atomic E-state index is 3.83. The second-order valence-electron chi connectivity index (χ2n) is 7.58. The molecule has 156 valence electrons. The van der Waals surface area contributed by atoms with E-state index in [1.165, 1.54) is 54.4 Å². The van der Waals surface area contributed by atoms with Crippen molar-refractivity contribution in [3.05, 3.63) is 50.2 Å². The predicted molar refractivity (Wildman–Crippen MR) is 111 cm³/mol. The third kappa shape index (κ3) is 7.64. The first-order chi connectivity index (χ1) is 11.4. The van der Waals surface area contributed by atoms with E-state index in [9.17, 15) is 0 Å². The molecular weight excluding hydrogens is 459 g/mol. The van der Waals surface area contributed by atoms with Gasteiger partial charge in [-0.25, -0.2) is 11.1 Å². The van der Waals surface area contributed by atoms with Gasteiger partial charge in [0.25, 0.3) is 0 Å². The molecule has 1 aromatic rings. The minimum atomic E-state index is -0.389. The summed E-state index contributed by atoms with van der Waals surface area (Å²) in [6.07, 6.45) is 11.5. The predicted octanol–water partition coefficient (Wildman–Crippen LogP) is -3.59. The first-order valence-corrected chi connectivity index (χ1v) is 11.2. The Bertz CT molecular complexity index is 665. The van der Waals surface area contributed by atoms with Crippen LogP contribution in [0, 0.1) is 40.7 Å². The summed E-state index contributed by atoms with van der Waals surface area (Å²) in [5.74, 6) is 0. The molecule has 0 heterocycles. The van der Waals surface area contributed by atoms with Crippen LogP contribution in [0.15, 0.2) is 16.3 Å². The molecule has 0 N–H and O–H groups in total. The van der Waals surface area contributed by atoms with E-state index in [2.05, 4.69) is 54.5 Å². The van der Waals surface area contributed by atoms with Crippen molar-refractivity contribution in [2.75, 3.05) is 0 Å². The Kier molecular flexibility index (Phi) is 18.1. The van der Waals surface area contributed by atoms with Crippen LogP contribution in [0.5, 0.6) is 0 Å². The van der Waals surface area contributed by atoms with Gasteiger partial charge in [0.1, 0.15) is 0 Å². The quantitative estimate of drug-likeness (QED) is 0.209. The van der Waals surface area contributed by atoms with E-state index in [-0.39, 0.29) is 68.5 Å². The molecule has 0 spiro atoms. The van der Waals surface area contributed by atoms with Gasteiger partial charge < -0.3 is 37.2 Å². The van der Waals surface area contributed by atoms with Gasteiger partial charge in [-0.15, -0.1) is 0 Å². The minimum Gasteiger partial charge on any atom is -1.00 e. The molecule has 0 amide bonds. The number of rotatable bonds is 7. The van der Waals surface area contributed by atoms with Crippen LogP contribution in [0.2, 0.25) is 0 Å². The van der Waals surface area contributed by atoms with Crippen molar-refractivity contribution < 1.29 is 58.9 Å². The van der Waals surface area contributed by atoms with E-state index in [1.807, 2.05) is 0 Å². The summed E-state index contributed by atoms with van der Waals surface area (Å²) in [5.41, 5.74) is 10.8. The summed E-state index contributed by atoms with van der Waals surface area (Å²) in [5, 5.41) is 3.33. The SMILES string of the molecule is CCCCCC1=C(CC)[C-]=C([SiH2]c2c(C)c(C)c(C)c(C)c2C)C1.[Cl-].[Cl-].[Cl-].[Ti+4]. The Hall–Kier alpha value is 0.501. The molecular formula is C23H35Cl3SiTi. The number of unbranched alkanes of at least 4 members (excludes halogenated alkanes) is 2. The zero-order chi connectivity index (χ0) is 17.9. The standard InChI is InChI=1S/C23H35Si.3ClH.Ti/c1-8-10-11-12-21-14-22(13-20(21)9-2)24-23-18(6)16(4)15(3)17(5)19(23)7;;;;/h8-12,14,24H2,1-7H3;3*1H;/q-1;;;;+4/p-3. The van der Waals surface area contributed by atoms with Crippen molar-refractivity contribution in [2.24, 2.45) is 0 Å².